The Morgan fingerprint density at radius 2 is 2.38 bits per heavy atom. The van der Waals surface area contributed by atoms with E-state index in [2.05, 4.69) is 26.8 Å². The van der Waals surface area contributed by atoms with Gasteiger partial charge in [-0.05, 0) is 41.3 Å². The van der Waals surface area contributed by atoms with E-state index in [0.29, 0.717) is 11.5 Å². The van der Waals surface area contributed by atoms with Gasteiger partial charge in [-0.3, -0.25) is 9.20 Å². The van der Waals surface area contributed by atoms with E-state index in [-0.39, 0.29) is 11.9 Å². The maximum absolute atomic E-state index is 12.7. The summed E-state index contributed by atoms with van der Waals surface area (Å²) in [5.74, 6) is 0.557. The van der Waals surface area contributed by atoms with Crippen LogP contribution in [0.15, 0.2) is 41.5 Å². The van der Waals surface area contributed by atoms with Gasteiger partial charge in [0, 0.05) is 25.1 Å². The zero-order chi connectivity index (χ0) is 14.2. The second kappa shape index (κ2) is 4.96. The number of imidazole rings is 1. The number of hydrogen-bond acceptors (Lipinski definition) is 4. The number of hydrogen-bond donors (Lipinski definition) is 0. The lowest BCUT2D eigenvalue weighted by Crippen LogP contribution is -2.30. The van der Waals surface area contributed by atoms with Gasteiger partial charge in [-0.1, -0.05) is 0 Å². The monoisotopic (exact) mass is 298 g/mol. The minimum Gasteiger partial charge on any atom is -0.330 e. The number of aromatic nitrogens is 3. The van der Waals surface area contributed by atoms with Gasteiger partial charge in [0.25, 0.3) is 5.91 Å². The summed E-state index contributed by atoms with van der Waals surface area (Å²) in [6, 6.07) is 4.11. The van der Waals surface area contributed by atoms with Crippen molar-refractivity contribution in [3.63, 3.8) is 0 Å². The SMILES string of the molecule is O=C(c1cn2cccnc2n1)N1CCCC1c1ccsc1. The van der Waals surface area contributed by atoms with E-state index >= 15 is 0 Å². The molecule has 0 aliphatic carbocycles. The topological polar surface area (TPSA) is 50.5 Å². The van der Waals surface area contributed by atoms with Crippen LogP contribution in [0.25, 0.3) is 5.78 Å². The van der Waals surface area contributed by atoms with Gasteiger partial charge in [0.15, 0.2) is 0 Å². The number of nitrogens with zero attached hydrogens (tertiary/aromatic N) is 4. The van der Waals surface area contributed by atoms with Gasteiger partial charge in [-0.2, -0.15) is 11.3 Å². The van der Waals surface area contributed by atoms with E-state index in [0.717, 1.165) is 19.4 Å². The van der Waals surface area contributed by atoms with Crippen LogP contribution in [0.1, 0.15) is 34.9 Å². The predicted molar refractivity (Wildman–Crippen MR) is 80.3 cm³/mol. The first kappa shape index (κ1) is 12.5. The molecule has 3 aromatic heterocycles. The molecule has 0 N–H and O–H groups in total. The van der Waals surface area contributed by atoms with Crippen LogP contribution in [-0.2, 0) is 0 Å². The quantitative estimate of drug-likeness (QED) is 0.731. The lowest BCUT2D eigenvalue weighted by Gasteiger charge is -2.23. The summed E-state index contributed by atoms with van der Waals surface area (Å²) in [5, 5.41) is 4.19. The largest absolute Gasteiger partial charge is 0.330 e. The van der Waals surface area contributed by atoms with E-state index in [1.165, 1.54) is 5.56 Å². The normalized spacial score (nSPS) is 18.5. The summed E-state index contributed by atoms with van der Waals surface area (Å²) in [6.45, 7) is 0.792. The van der Waals surface area contributed by atoms with Gasteiger partial charge in [0.1, 0.15) is 5.69 Å². The molecule has 4 rings (SSSR count). The van der Waals surface area contributed by atoms with Crippen LogP contribution in [0.4, 0.5) is 0 Å². The minimum absolute atomic E-state index is 0.00537. The highest BCUT2D eigenvalue weighted by atomic mass is 32.1. The number of amides is 1. The summed E-state index contributed by atoms with van der Waals surface area (Å²) in [5.41, 5.74) is 1.70. The van der Waals surface area contributed by atoms with Gasteiger partial charge in [-0.15, -0.1) is 0 Å². The van der Waals surface area contributed by atoms with Crippen molar-refractivity contribution in [2.75, 3.05) is 6.54 Å². The number of likely N-dealkylation sites (tertiary alicyclic amines) is 1. The molecular formula is C15H14N4OS. The highest BCUT2D eigenvalue weighted by molar-refractivity contribution is 7.07. The Hall–Kier alpha value is -2.21. The zero-order valence-corrected chi connectivity index (χ0v) is 12.2. The van der Waals surface area contributed by atoms with Crippen molar-refractivity contribution in [1.29, 1.82) is 0 Å². The molecule has 0 spiro atoms. The van der Waals surface area contributed by atoms with Crippen molar-refractivity contribution in [2.24, 2.45) is 0 Å². The molecular weight excluding hydrogens is 284 g/mol. The Morgan fingerprint density at radius 1 is 1.43 bits per heavy atom. The van der Waals surface area contributed by atoms with Crippen molar-refractivity contribution >= 4 is 23.0 Å². The van der Waals surface area contributed by atoms with E-state index < -0.39 is 0 Å². The summed E-state index contributed by atoms with van der Waals surface area (Å²) in [7, 11) is 0. The predicted octanol–water partition coefficient (Wildman–Crippen LogP) is 2.77. The van der Waals surface area contributed by atoms with Crippen molar-refractivity contribution < 1.29 is 4.79 Å². The lowest BCUT2D eigenvalue weighted by molar-refractivity contribution is 0.0730. The van der Waals surface area contributed by atoms with Gasteiger partial charge in [0.05, 0.1) is 6.04 Å². The standard InChI is InChI=1S/C15H14N4OS/c20-14(12-9-18-6-2-5-16-15(18)17-12)19-7-1-3-13(19)11-4-8-21-10-11/h2,4-6,8-10,13H,1,3,7H2. The van der Waals surface area contributed by atoms with Gasteiger partial charge in [-0.25, -0.2) is 9.97 Å². The van der Waals surface area contributed by atoms with Crippen molar-refractivity contribution in [3.05, 3.63) is 52.7 Å². The summed E-state index contributed by atoms with van der Waals surface area (Å²) >= 11 is 1.67. The smallest absolute Gasteiger partial charge is 0.274 e. The molecule has 1 amide bonds. The number of fused-ring (bicyclic) bond motifs is 1. The minimum atomic E-state index is -0.00537. The molecule has 6 heteroatoms. The van der Waals surface area contributed by atoms with Crippen molar-refractivity contribution in [2.45, 2.75) is 18.9 Å². The lowest BCUT2D eigenvalue weighted by atomic mass is 10.1. The molecule has 1 aliphatic rings. The first-order chi connectivity index (χ1) is 10.3. The first-order valence-corrected chi connectivity index (χ1v) is 7.90. The Labute approximate surface area is 125 Å². The second-order valence-electron chi connectivity index (χ2n) is 5.17. The van der Waals surface area contributed by atoms with Crippen LogP contribution < -0.4 is 0 Å². The molecule has 3 aromatic rings. The molecule has 5 nitrogen and oxygen atoms in total. The summed E-state index contributed by atoms with van der Waals surface area (Å²) < 4.78 is 1.78. The average Bonchev–Trinajstić information content (AvgIpc) is 3.23. The highest BCUT2D eigenvalue weighted by Crippen LogP contribution is 2.33. The Kier molecular flexibility index (Phi) is 2.96. The Morgan fingerprint density at radius 3 is 3.19 bits per heavy atom. The molecule has 4 heterocycles. The van der Waals surface area contributed by atoms with Gasteiger partial charge in [0.2, 0.25) is 5.78 Å². The number of carbonyl (C=O) groups is 1. The van der Waals surface area contributed by atoms with Gasteiger partial charge >= 0.3 is 0 Å². The zero-order valence-electron chi connectivity index (χ0n) is 11.3. The second-order valence-corrected chi connectivity index (χ2v) is 5.95. The van der Waals surface area contributed by atoms with Crippen LogP contribution in [0.3, 0.4) is 0 Å². The van der Waals surface area contributed by atoms with E-state index in [1.54, 1.807) is 28.1 Å². The van der Waals surface area contributed by atoms with Crippen LogP contribution >= 0.6 is 11.3 Å². The van der Waals surface area contributed by atoms with Crippen molar-refractivity contribution in [1.82, 2.24) is 19.3 Å². The van der Waals surface area contributed by atoms with Crippen LogP contribution in [0.5, 0.6) is 0 Å². The molecule has 1 unspecified atom stereocenters. The Balaban J connectivity index is 1.67. The van der Waals surface area contributed by atoms with E-state index in [1.807, 2.05) is 17.2 Å². The fourth-order valence-electron chi connectivity index (χ4n) is 2.90. The summed E-state index contributed by atoms with van der Waals surface area (Å²) in [6.07, 6.45) is 7.35. The summed E-state index contributed by atoms with van der Waals surface area (Å²) in [4.78, 5) is 23.2. The van der Waals surface area contributed by atoms with Crippen LogP contribution in [-0.4, -0.2) is 31.7 Å². The number of carbonyl (C=O) groups excluding carboxylic acids is 1. The third-order valence-electron chi connectivity index (χ3n) is 3.90. The Bertz CT molecular complexity index is 747. The molecule has 1 aliphatic heterocycles. The van der Waals surface area contributed by atoms with Gasteiger partial charge < -0.3 is 4.90 Å². The van der Waals surface area contributed by atoms with Crippen LogP contribution in [0.2, 0.25) is 0 Å². The molecule has 0 bridgehead atoms. The molecule has 1 atom stereocenters. The molecule has 0 saturated carbocycles. The number of thiophene rings is 1. The average molecular weight is 298 g/mol. The van der Waals surface area contributed by atoms with Crippen LogP contribution in [0, 0.1) is 0 Å². The molecule has 0 aromatic carbocycles. The van der Waals surface area contributed by atoms with E-state index in [9.17, 15) is 4.79 Å². The maximum atomic E-state index is 12.7. The van der Waals surface area contributed by atoms with E-state index in [4.69, 9.17) is 0 Å². The maximum Gasteiger partial charge on any atom is 0.274 e. The highest BCUT2D eigenvalue weighted by Gasteiger charge is 2.31. The molecule has 21 heavy (non-hydrogen) atoms. The third-order valence-corrected chi connectivity index (χ3v) is 4.60. The fraction of sp³-hybridized carbons (Fsp3) is 0.267. The number of rotatable bonds is 2. The molecule has 1 saturated heterocycles. The fourth-order valence-corrected chi connectivity index (χ4v) is 3.61. The van der Waals surface area contributed by atoms with Crippen molar-refractivity contribution in [3.8, 4) is 0 Å². The molecule has 1 fully saturated rings. The third kappa shape index (κ3) is 2.12. The first-order valence-electron chi connectivity index (χ1n) is 6.96. The molecule has 0 radical (unpaired) electrons. The molecule has 106 valence electrons.